The summed E-state index contributed by atoms with van der Waals surface area (Å²) < 4.78 is 0. The highest BCUT2D eigenvalue weighted by Gasteiger charge is 2.15. The molecule has 19 heavy (non-hydrogen) atoms. The predicted octanol–water partition coefficient (Wildman–Crippen LogP) is 2.29. The summed E-state index contributed by atoms with van der Waals surface area (Å²) in [6.07, 6.45) is 0.341. The minimum Gasteiger partial charge on any atom is -0.388 e. The summed E-state index contributed by atoms with van der Waals surface area (Å²) in [5.41, 5.74) is 3.15. The second kappa shape index (κ2) is 6.71. The van der Waals surface area contributed by atoms with Crippen LogP contribution in [-0.4, -0.2) is 42.7 Å². The van der Waals surface area contributed by atoms with Gasteiger partial charge < -0.3 is 15.3 Å². The van der Waals surface area contributed by atoms with Crippen molar-refractivity contribution in [2.24, 2.45) is 0 Å². The number of nitrogens with one attached hydrogen (secondary N) is 1. The van der Waals surface area contributed by atoms with Gasteiger partial charge in [0, 0.05) is 37.7 Å². The van der Waals surface area contributed by atoms with Crippen molar-refractivity contribution in [2.45, 2.75) is 26.4 Å². The number of aliphatic hydroxyl groups is 1. The van der Waals surface area contributed by atoms with Crippen molar-refractivity contribution in [3.8, 4) is 0 Å². The molecule has 1 fully saturated rings. The number of rotatable bonds is 4. The Morgan fingerprint density at radius 3 is 2.63 bits per heavy atom. The van der Waals surface area contributed by atoms with Gasteiger partial charge in [0.2, 0.25) is 0 Å². The van der Waals surface area contributed by atoms with E-state index in [1.807, 2.05) is 26.0 Å². The summed E-state index contributed by atoms with van der Waals surface area (Å²) in [6.45, 7) is 9.20. The molecule has 1 aromatic carbocycles. The fraction of sp³-hybridized carbons (Fsp3) is 0.600. The third-order valence-corrected chi connectivity index (χ3v) is 4.24. The minimum atomic E-state index is -0.423. The summed E-state index contributed by atoms with van der Waals surface area (Å²) in [5.74, 6) is 0. The molecule has 2 N–H and O–H groups in total. The quantitative estimate of drug-likeness (QED) is 0.889. The Kier molecular flexibility index (Phi) is 5.22. The second-order valence-electron chi connectivity index (χ2n) is 5.35. The lowest BCUT2D eigenvalue weighted by Crippen LogP contribution is -2.44. The molecule has 1 saturated heterocycles. The van der Waals surface area contributed by atoms with E-state index in [4.69, 9.17) is 11.6 Å². The number of aliphatic hydroxyl groups excluding tert-OH is 1. The first-order valence-corrected chi connectivity index (χ1v) is 7.33. The van der Waals surface area contributed by atoms with E-state index in [0.717, 1.165) is 60.9 Å². The number of hydrogen-bond acceptors (Lipinski definition) is 3. The van der Waals surface area contributed by atoms with Gasteiger partial charge >= 0.3 is 0 Å². The fourth-order valence-corrected chi connectivity index (χ4v) is 2.77. The van der Waals surface area contributed by atoms with Crippen LogP contribution in [0, 0.1) is 13.8 Å². The molecule has 1 heterocycles. The van der Waals surface area contributed by atoms with Gasteiger partial charge in [-0.15, -0.1) is 0 Å². The van der Waals surface area contributed by atoms with Crippen molar-refractivity contribution in [1.82, 2.24) is 10.2 Å². The zero-order valence-corrected chi connectivity index (χ0v) is 12.5. The molecule has 4 heteroatoms. The first-order chi connectivity index (χ1) is 9.08. The molecule has 2 rings (SSSR count). The van der Waals surface area contributed by atoms with Crippen molar-refractivity contribution in [3.63, 3.8) is 0 Å². The molecule has 106 valence electrons. The number of nitrogens with zero attached hydrogens (tertiary/aromatic N) is 1. The van der Waals surface area contributed by atoms with E-state index in [2.05, 4.69) is 10.2 Å². The maximum atomic E-state index is 10.3. The van der Waals surface area contributed by atoms with Crippen LogP contribution in [0.2, 0.25) is 5.02 Å². The Morgan fingerprint density at radius 2 is 1.95 bits per heavy atom. The molecule has 1 aliphatic heterocycles. The molecule has 0 aliphatic carbocycles. The van der Waals surface area contributed by atoms with E-state index < -0.39 is 6.10 Å². The predicted molar refractivity (Wildman–Crippen MR) is 79.8 cm³/mol. The van der Waals surface area contributed by atoms with Crippen molar-refractivity contribution in [1.29, 1.82) is 0 Å². The number of benzene rings is 1. The van der Waals surface area contributed by atoms with Gasteiger partial charge in [-0.1, -0.05) is 17.7 Å². The van der Waals surface area contributed by atoms with Crippen LogP contribution < -0.4 is 5.32 Å². The van der Waals surface area contributed by atoms with Gasteiger partial charge in [0.25, 0.3) is 0 Å². The summed E-state index contributed by atoms with van der Waals surface area (Å²) in [6, 6.07) is 3.96. The summed E-state index contributed by atoms with van der Waals surface area (Å²) in [5, 5.41) is 14.4. The Labute approximate surface area is 120 Å². The van der Waals surface area contributed by atoms with Crippen molar-refractivity contribution >= 4 is 11.6 Å². The first-order valence-electron chi connectivity index (χ1n) is 6.95. The monoisotopic (exact) mass is 282 g/mol. The zero-order chi connectivity index (χ0) is 13.8. The van der Waals surface area contributed by atoms with Gasteiger partial charge in [-0.25, -0.2) is 0 Å². The van der Waals surface area contributed by atoms with Crippen LogP contribution in [0.15, 0.2) is 12.1 Å². The highest BCUT2D eigenvalue weighted by atomic mass is 35.5. The van der Waals surface area contributed by atoms with E-state index in [0.29, 0.717) is 0 Å². The normalized spacial score (nSPS) is 18.5. The largest absolute Gasteiger partial charge is 0.388 e. The van der Waals surface area contributed by atoms with Crippen LogP contribution in [0.25, 0.3) is 0 Å². The van der Waals surface area contributed by atoms with E-state index in [-0.39, 0.29) is 0 Å². The van der Waals surface area contributed by atoms with Gasteiger partial charge in [0.1, 0.15) is 0 Å². The maximum absolute atomic E-state index is 10.3. The smallest absolute Gasteiger partial charge is 0.0805 e. The molecule has 1 atom stereocenters. The van der Waals surface area contributed by atoms with Gasteiger partial charge in [0.05, 0.1) is 6.10 Å². The summed E-state index contributed by atoms with van der Waals surface area (Å²) in [4.78, 5) is 2.39. The van der Waals surface area contributed by atoms with Crippen LogP contribution in [0.4, 0.5) is 0 Å². The van der Waals surface area contributed by atoms with E-state index >= 15 is 0 Å². The van der Waals surface area contributed by atoms with E-state index in [1.54, 1.807) is 0 Å². The topological polar surface area (TPSA) is 35.5 Å². The molecular formula is C15H23ClN2O. The Balaban J connectivity index is 1.95. The van der Waals surface area contributed by atoms with Crippen LogP contribution >= 0.6 is 11.6 Å². The minimum absolute atomic E-state index is 0.423. The van der Waals surface area contributed by atoms with Crippen LogP contribution in [-0.2, 0) is 0 Å². The van der Waals surface area contributed by atoms with Gasteiger partial charge in [-0.3, -0.25) is 0 Å². The summed E-state index contributed by atoms with van der Waals surface area (Å²) in [7, 11) is 0. The van der Waals surface area contributed by atoms with Crippen molar-refractivity contribution in [3.05, 3.63) is 33.8 Å². The van der Waals surface area contributed by atoms with Crippen molar-refractivity contribution < 1.29 is 5.11 Å². The lowest BCUT2D eigenvalue weighted by atomic mass is 9.99. The van der Waals surface area contributed by atoms with Gasteiger partial charge in [-0.2, -0.15) is 0 Å². The first kappa shape index (κ1) is 14.8. The van der Waals surface area contributed by atoms with Gasteiger partial charge in [-0.05, 0) is 43.0 Å². The van der Waals surface area contributed by atoms with Crippen molar-refractivity contribution in [2.75, 3.05) is 32.7 Å². The van der Waals surface area contributed by atoms with E-state index in [9.17, 15) is 5.11 Å². The van der Waals surface area contributed by atoms with Gasteiger partial charge in [0.15, 0.2) is 0 Å². The number of hydrogen-bond donors (Lipinski definition) is 2. The highest BCUT2D eigenvalue weighted by Crippen LogP contribution is 2.27. The average molecular weight is 283 g/mol. The molecule has 0 radical (unpaired) electrons. The summed E-state index contributed by atoms with van der Waals surface area (Å²) >= 11 is 6.15. The van der Waals surface area contributed by atoms with Crippen LogP contribution in [0.5, 0.6) is 0 Å². The fourth-order valence-electron chi connectivity index (χ4n) is 2.60. The zero-order valence-electron chi connectivity index (χ0n) is 11.7. The van der Waals surface area contributed by atoms with Crippen LogP contribution in [0.3, 0.4) is 0 Å². The molecule has 1 aromatic rings. The lowest BCUT2D eigenvalue weighted by Gasteiger charge is -2.28. The second-order valence-corrected chi connectivity index (χ2v) is 5.76. The SMILES string of the molecule is Cc1cc(C)c(C(O)CCN2CCNCC2)cc1Cl. The molecular weight excluding hydrogens is 260 g/mol. The molecule has 0 saturated carbocycles. The Bertz CT molecular complexity index is 430. The number of piperazine rings is 1. The molecule has 0 amide bonds. The molecule has 0 spiro atoms. The molecule has 0 aromatic heterocycles. The third kappa shape index (κ3) is 3.93. The highest BCUT2D eigenvalue weighted by molar-refractivity contribution is 6.31. The van der Waals surface area contributed by atoms with E-state index in [1.165, 1.54) is 0 Å². The molecule has 1 aliphatic rings. The Hall–Kier alpha value is -0.610. The third-order valence-electron chi connectivity index (χ3n) is 3.83. The number of aryl methyl sites for hydroxylation is 2. The lowest BCUT2D eigenvalue weighted by molar-refractivity contribution is 0.136. The number of halogens is 1. The molecule has 3 nitrogen and oxygen atoms in total. The van der Waals surface area contributed by atoms with Crippen LogP contribution in [0.1, 0.15) is 29.2 Å². The maximum Gasteiger partial charge on any atom is 0.0805 e. The standard InChI is InChI=1S/C15H23ClN2O/c1-11-9-12(2)14(16)10-13(11)15(19)3-6-18-7-4-17-5-8-18/h9-10,15,17,19H,3-8H2,1-2H3. The average Bonchev–Trinajstić information content (AvgIpc) is 2.41. The Morgan fingerprint density at radius 1 is 1.26 bits per heavy atom. The molecule has 1 unspecified atom stereocenters. The molecule has 0 bridgehead atoms.